The molecule has 0 spiro atoms. The first-order valence-corrected chi connectivity index (χ1v) is 8.58. The normalized spacial score (nSPS) is 11.3. The van der Waals surface area contributed by atoms with Gasteiger partial charge >= 0.3 is 5.63 Å². The molecule has 0 bridgehead atoms. The van der Waals surface area contributed by atoms with Crippen LogP contribution in [0, 0.1) is 0 Å². The predicted molar refractivity (Wildman–Crippen MR) is 105 cm³/mol. The van der Waals surface area contributed by atoms with Crippen molar-refractivity contribution in [2.45, 2.75) is 20.0 Å². The van der Waals surface area contributed by atoms with Crippen molar-refractivity contribution >= 4 is 22.8 Å². The number of rotatable bonds is 6. The standard InChI is InChI=1S/C22H20O5/c1-14(2)26-21-15(8-6-10-20(21)25-3)11-12-18(23)17-13-16-7-4-5-9-19(16)27-22(17)24/h4-14H,1-3H3/b12-11+. The first kappa shape index (κ1) is 18.5. The van der Waals surface area contributed by atoms with Gasteiger partial charge in [-0.25, -0.2) is 4.79 Å². The van der Waals surface area contributed by atoms with E-state index in [0.717, 1.165) is 0 Å². The molecule has 0 radical (unpaired) electrons. The highest BCUT2D eigenvalue weighted by Crippen LogP contribution is 2.33. The van der Waals surface area contributed by atoms with E-state index in [9.17, 15) is 9.59 Å². The maximum absolute atomic E-state index is 12.6. The van der Waals surface area contributed by atoms with Gasteiger partial charge < -0.3 is 13.9 Å². The van der Waals surface area contributed by atoms with E-state index in [1.54, 1.807) is 49.6 Å². The minimum absolute atomic E-state index is 0.0147. The Morgan fingerprint density at radius 1 is 1.11 bits per heavy atom. The second kappa shape index (κ2) is 7.91. The van der Waals surface area contributed by atoms with Crippen LogP contribution in [0.3, 0.4) is 0 Å². The Hall–Kier alpha value is -3.34. The third-order valence-corrected chi connectivity index (χ3v) is 3.90. The molecule has 138 valence electrons. The molecule has 0 aliphatic carbocycles. The monoisotopic (exact) mass is 364 g/mol. The maximum atomic E-state index is 12.6. The molecule has 0 atom stereocenters. The zero-order valence-electron chi connectivity index (χ0n) is 15.4. The summed E-state index contributed by atoms with van der Waals surface area (Å²) in [6.45, 7) is 3.82. The molecule has 3 rings (SSSR count). The second-order valence-corrected chi connectivity index (χ2v) is 6.23. The van der Waals surface area contributed by atoms with Crippen LogP contribution in [-0.4, -0.2) is 19.0 Å². The van der Waals surface area contributed by atoms with Crippen LogP contribution >= 0.6 is 0 Å². The molecule has 0 aliphatic heterocycles. The van der Waals surface area contributed by atoms with Crippen LogP contribution in [0.1, 0.15) is 29.8 Å². The van der Waals surface area contributed by atoms with E-state index in [1.165, 1.54) is 6.08 Å². The van der Waals surface area contributed by atoms with Gasteiger partial charge in [0.1, 0.15) is 11.1 Å². The number of carbonyl (C=O) groups excluding carboxylic acids is 1. The van der Waals surface area contributed by atoms with Crippen molar-refractivity contribution in [2.24, 2.45) is 0 Å². The number of hydrogen-bond donors (Lipinski definition) is 0. The van der Waals surface area contributed by atoms with Crippen LogP contribution in [0.2, 0.25) is 0 Å². The molecule has 0 aliphatic rings. The number of methoxy groups -OCH3 is 1. The minimum Gasteiger partial charge on any atom is -0.493 e. The Morgan fingerprint density at radius 3 is 2.63 bits per heavy atom. The summed E-state index contributed by atoms with van der Waals surface area (Å²) >= 11 is 0. The van der Waals surface area contributed by atoms with E-state index >= 15 is 0 Å². The van der Waals surface area contributed by atoms with Crippen molar-refractivity contribution in [1.82, 2.24) is 0 Å². The largest absolute Gasteiger partial charge is 0.493 e. The fourth-order valence-electron chi connectivity index (χ4n) is 2.68. The van der Waals surface area contributed by atoms with Crippen LogP contribution in [0.25, 0.3) is 17.0 Å². The van der Waals surface area contributed by atoms with E-state index in [1.807, 2.05) is 26.0 Å². The summed E-state index contributed by atoms with van der Waals surface area (Å²) in [7, 11) is 1.56. The summed E-state index contributed by atoms with van der Waals surface area (Å²) in [5.41, 5.74) is 0.455. The topological polar surface area (TPSA) is 65.7 Å². The fraction of sp³-hybridized carbons (Fsp3) is 0.182. The summed E-state index contributed by atoms with van der Waals surface area (Å²) in [6.07, 6.45) is 2.89. The third-order valence-electron chi connectivity index (χ3n) is 3.90. The van der Waals surface area contributed by atoms with Crippen molar-refractivity contribution < 1.29 is 18.7 Å². The highest BCUT2D eigenvalue weighted by atomic mass is 16.5. The number of ketones is 1. The molecule has 0 amide bonds. The number of carbonyl (C=O) groups is 1. The minimum atomic E-state index is -0.660. The van der Waals surface area contributed by atoms with E-state index in [4.69, 9.17) is 13.9 Å². The molecule has 5 heteroatoms. The van der Waals surface area contributed by atoms with Gasteiger partial charge in [0, 0.05) is 10.9 Å². The van der Waals surface area contributed by atoms with Crippen molar-refractivity contribution in [3.8, 4) is 11.5 Å². The van der Waals surface area contributed by atoms with Gasteiger partial charge in [0.2, 0.25) is 0 Å². The Balaban J connectivity index is 1.96. The van der Waals surface area contributed by atoms with Gasteiger partial charge in [0.15, 0.2) is 17.3 Å². The lowest BCUT2D eigenvalue weighted by Crippen LogP contribution is -2.12. The summed E-state index contributed by atoms with van der Waals surface area (Å²) in [5.74, 6) is 0.681. The van der Waals surface area contributed by atoms with E-state index in [0.29, 0.717) is 28.0 Å². The smallest absolute Gasteiger partial charge is 0.347 e. The molecule has 0 saturated carbocycles. The van der Waals surface area contributed by atoms with Crippen molar-refractivity contribution in [3.63, 3.8) is 0 Å². The van der Waals surface area contributed by atoms with Gasteiger partial charge in [-0.3, -0.25) is 4.79 Å². The average Bonchev–Trinajstić information content (AvgIpc) is 2.65. The molecular formula is C22H20O5. The highest BCUT2D eigenvalue weighted by Gasteiger charge is 2.13. The molecule has 2 aromatic carbocycles. The van der Waals surface area contributed by atoms with Crippen LogP contribution in [-0.2, 0) is 0 Å². The molecule has 0 N–H and O–H groups in total. The van der Waals surface area contributed by atoms with Gasteiger partial charge in [-0.2, -0.15) is 0 Å². The first-order chi connectivity index (χ1) is 13.0. The molecule has 5 nitrogen and oxygen atoms in total. The molecular weight excluding hydrogens is 344 g/mol. The van der Waals surface area contributed by atoms with Gasteiger partial charge in [0.25, 0.3) is 0 Å². The summed E-state index contributed by atoms with van der Waals surface area (Å²) < 4.78 is 16.4. The number of para-hydroxylation sites is 2. The SMILES string of the molecule is COc1cccc(/C=C/C(=O)c2cc3ccccc3oc2=O)c1OC(C)C. The number of benzene rings is 2. The maximum Gasteiger partial charge on any atom is 0.347 e. The fourth-order valence-corrected chi connectivity index (χ4v) is 2.68. The quantitative estimate of drug-likeness (QED) is 0.366. The number of hydrogen-bond acceptors (Lipinski definition) is 5. The molecule has 0 saturated heterocycles. The lowest BCUT2D eigenvalue weighted by Gasteiger charge is -2.15. The molecule has 3 aromatic rings. The molecule has 1 aromatic heterocycles. The number of fused-ring (bicyclic) bond motifs is 1. The Morgan fingerprint density at radius 2 is 1.89 bits per heavy atom. The summed E-state index contributed by atoms with van der Waals surface area (Å²) in [5, 5.41) is 0.694. The lowest BCUT2D eigenvalue weighted by molar-refractivity contribution is 0.104. The zero-order valence-corrected chi connectivity index (χ0v) is 15.4. The second-order valence-electron chi connectivity index (χ2n) is 6.23. The summed E-state index contributed by atoms with van der Waals surface area (Å²) in [4.78, 5) is 24.7. The Bertz CT molecular complexity index is 1060. The molecule has 0 fully saturated rings. The van der Waals surface area contributed by atoms with Crippen LogP contribution in [0.5, 0.6) is 11.5 Å². The molecule has 0 unspecified atom stereocenters. The highest BCUT2D eigenvalue weighted by molar-refractivity contribution is 6.07. The average molecular weight is 364 g/mol. The van der Waals surface area contributed by atoms with E-state index in [2.05, 4.69) is 0 Å². The van der Waals surface area contributed by atoms with E-state index in [-0.39, 0.29) is 11.7 Å². The molecule has 1 heterocycles. The van der Waals surface area contributed by atoms with Gasteiger partial charge in [-0.15, -0.1) is 0 Å². The van der Waals surface area contributed by atoms with Gasteiger partial charge in [-0.1, -0.05) is 30.3 Å². The van der Waals surface area contributed by atoms with Crippen molar-refractivity contribution in [1.29, 1.82) is 0 Å². The van der Waals surface area contributed by atoms with E-state index < -0.39 is 11.4 Å². The van der Waals surface area contributed by atoms with Crippen molar-refractivity contribution in [2.75, 3.05) is 7.11 Å². The zero-order chi connectivity index (χ0) is 19.4. The number of allylic oxidation sites excluding steroid dienone is 1. The Kier molecular flexibility index (Phi) is 5.41. The molecule has 27 heavy (non-hydrogen) atoms. The Labute approximate surface area is 156 Å². The number of ether oxygens (including phenoxy) is 2. The summed E-state index contributed by atoms with van der Waals surface area (Å²) in [6, 6.07) is 14.0. The lowest BCUT2D eigenvalue weighted by atomic mass is 10.1. The van der Waals surface area contributed by atoms with Crippen LogP contribution < -0.4 is 15.1 Å². The van der Waals surface area contributed by atoms with Gasteiger partial charge in [0.05, 0.1) is 13.2 Å². The third kappa shape index (κ3) is 4.08. The van der Waals surface area contributed by atoms with Crippen LogP contribution in [0.15, 0.2) is 63.8 Å². The van der Waals surface area contributed by atoms with Crippen molar-refractivity contribution in [3.05, 3.63) is 76.2 Å². The van der Waals surface area contributed by atoms with Gasteiger partial charge in [-0.05, 0) is 44.2 Å². The van der Waals surface area contributed by atoms with Crippen LogP contribution in [0.4, 0.5) is 0 Å². The first-order valence-electron chi connectivity index (χ1n) is 8.58. The predicted octanol–water partition coefficient (Wildman–Crippen LogP) is 4.48.